The molecule has 0 aliphatic rings. The maximum absolute atomic E-state index is 3.36. The highest BCUT2D eigenvalue weighted by Gasteiger charge is 2.00. The summed E-state index contributed by atoms with van der Waals surface area (Å²) in [4.78, 5) is 2.56. The Morgan fingerprint density at radius 3 is 2.21 bits per heavy atom. The van der Waals surface area contributed by atoms with Gasteiger partial charge < -0.3 is 10.2 Å². The van der Waals surface area contributed by atoms with Gasteiger partial charge in [0.25, 0.3) is 0 Å². The minimum Gasteiger partial charge on any atom is -0.317 e. The first-order valence-corrected chi connectivity index (χ1v) is 6.28. The van der Waals surface area contributed by atoms with Gasteiger partial charge in [-0.1, -0.05) is 27.2 Å². The van der Waals surface area contributed by atoms with Crippen LogP contribution >= 0.6 is 0 Å². The van der Waals surface area contributed by atoms with Gasteiger partial charge >= 0.3 is 0 Å². The van der Waals surface area contributed by atoms with Crippen LogP contribution in [0.5, 0.6) is 0 Å². The van der Waals surface area contributed by atoms with Gasteiger partial charge in [-0.2, -0.15) is 0 Å². The summed E-state index contributed by atoms with van der Waals surface area (Å²) in [5.74, 6) is 0. The first-order valence-electron chi connectivity index (χ1n) is 6.28. The van der Waals surface area contributed by atoms with E-state index in [0.29, 0.717) is 0 Å². The van der Waals surface area contributed by atoms with Gasteiger partial charge in [0.05, 0.1) is 0 Å². The van der Waals surface area contributed by atoms with E-state index in [4.69, 9.17) is 0 Å². The van der Waals surface area contributed by atoms with Crippen molar-refractivity contribution in [1.29, 1.82) is 0 Å². The molecule has 0 aromatic rings. The Labute approximate surface area is 90.1 Å². The molecule has 0 aliphatic carbocycles. The van der Waals surface area contributed by atoms with E-state index in [1.54, 1.807) is 0 Å². The zero-order valence-corrected chi connectivity index (χ0v) is 10.3. The Morgan fingerprint density at radius 2 is 1.64 bits per heavy atom. The smallest absolute Gasteiger partial charge is 0.00184 e. The lowest BCUT2D eigenvalue weighted by Crippen LogP contribution is -2.26. The Morgan fingerprint density at radius 1 is 0.929 bits per heavy atom. The van der Waals surface area contributed by atoms with Gasteiger partial charge in [0.15, 0.2) is 0 Å². The highest BCUT2D eigenvalue weighted by atomic mass is 15.1. The van der Waals surface area contributed by atoms with E-state index in [2.05, 4.69) is 31.0 Å². The molecule has 0 bridgehead atoms. The predicted molar refractivity (Wildman–Crippen MR) is 64.8 cm³/mol. The second-order valence-electron chi connectivity index (χ2n) is 3.85. The number of nitrogens with one attached hydrogen (secondary N) is 1. The molecule has 0 aromatic heterocycles. The van der Waals surface area contributed by atoms with Gasteiger partial charge in [0.1, 0.15) is 0 Å². The average molecular weight is 200 g/mol. The van der Waals surface area contributed by atoms with E-state index in [1.807, 2.05) is 0 Å². The van der Waals surface area contributed by atoms with E-state index in [1.165, 1.54) is 51.9 Å². The summed E-state index contributed by atoms with van der Waals surface area (Å²) in [5, 5.41) is 3.36. The molecule has 2 nitrogen and oxygen atoms in total. The van der Waals surface area contributed by atoms with Crippen molar-refractivity contribution in [2.24, 2.45) is 0 Å². The monoisotopic (exact) mass is 200 g/mol. The first-order chi connectivity index (χ1) is 6.85. The Hall–Kier alpha value is -0.0800. The third-order valence-electron chi connectivity index (χ3n) is 2.60. The molecule has 1 N–H and O–H groups in total. The summed E-state index contributed by atoms with van der Waals surface area (Å²) >= 11 is 0. The first kappa shape index (κ1) is 13.9. The van der Waals surface area contributed by atoms with Crippen molar-refractivity contribution < 1.29 is 0 Å². The van der Waals surface area contributed by atoms with Crippen LogP contribution in [0, 0.1) is 0 Å². The lowest BCUT2D eigenvalue weighted by atomic mass is 10.2. The van der Waals surface area contributed by atoms with Crippen LogP contribution in [0.15, 0.2) is 0 Å². The van der Waals surface area contributed by atoms with Crippen molar-refractivity contribution in [1.82, 2.24) is 10.2 Å². The van der Waals surface area contributed by atoms with Crippen LogP contribution in [0.3, 0.4) is 0 Å². The molecule has 14 heavy (non-hydrogen) atoms. The summed E-state index contributed by atoms with van der Waals surface area (Å²) in [6.07, 6.45) is 5.32. The summed E-state index contributed by atoms with van der Waals surface area (Å²) < 4.78 is 0. The highest BCUT2D eigenvalue weighted by Crippen LogP contribution is 1.98. The molecule has 0 fully saturated rings. The summed E-state index contributed by atoms with van der Waals surface area (Å²) in [7, 11) is 0. The molecule has 0 atom stereocenters. The largest absolute Gasteiger partial charge is 0.317 e. The van der Waals surface area contributed by atoms with Crippen LogP contribution in [0.1, 0.15) is 46.5 Å². The normalized spacial score (nSPS) is 11.1. The molecule has 0 saturated carbocycles. The van der Waals surface area contributed by atoms with Crippen LogP contribution in [0.4, 0.5) is 0 Å². The summed E-state index contributed by atoms with van der Waals surface area (Å²) in [6.45, 7) is 12.8. The molecule has 86 valence electrons. The standard InChI is InChI=1S/C12H28N2/c1-4-7-11-14(6-3)12-9-8-10-13-5-2/h13H,4-12H2,1-3H3. The second kappa shape index (κ2) is 11.0. The van der Waals surface area contributed by atoms with Crippen LogP contribution in [0.2, 0.25) is 0 Å². The number of nitrogens with zero attached hydrogens (tertiary/aromatic N) is 1. The van der Waals surface area contributed by atoms with Crippen molar-refractivity contribution in [2.45, 2.75) is 46.5 Å². The highest BCUT2D eigenvalue weighted by molar-refractivity contribution is 4.56. The predicted octanol–water partition coefficient (Wildman–Crippen LogP) is 2.50. The minimum absolute atomic E-state index is 1.10. The van der Waals surface area contributed by atoms with Crippen molar-refractivity contribution in [2.75, 3.05) is 32.7 Å². The van der Waals surface area contributed by atoms with Gasteiger partial charge in [0, 0.05) is 0 Å². The van der Waals surface area contributed by atoms with E-state index < -0.39 is 0 Å². The van der Waals surface area contributed by atoms with E-state index in [9.17, 15) is 0 Å². The summed E-state index contributed by atoms with van der Waals surface area (Å²) in [6, 6.07) is 0. The molecule has 0 spiro atoms. The third kappa shape index (κ3) is 8.52. The lowest BCUT2D eigenvalue weighted by molar-refractivity contribution is 0.277. The van der Waals surface area contributed by atoms with Crippen LogP contribution in [-0.2, 0) is 0 Å². The number of unbranched alkanes of at least 4 members (excludes halogenated alkanes) is 2. The maximum atomic E-state index is 3.36. The molecule has 2 heteroatoms. The number of hydrogen-bond acceptors (Lipinski definition) is 2. The SMILES string of the molecule is CCCCN(CC)CCCCNCC. The zero-order valence-electron chi connectivity index (χ0n) is 10.3. The number of hydrogen-bond donors (Lipinski definition) is 1. The molecule has 0 saturated heterocycles. The molecule has 0 aliphatic heterocycles. The molecule has 0 unspecified atom stereocenters. The Bertz CT molecular complexity index is 104. The second-order valence-corrected chi connectivity index (χ2v) is 3.85. The minimum atomic E-state index is 1.10. The molecular formula is C12H28N2. The number of rotatable bonds is 10. The van der Waals surface area contributed by atoms with Crippen molar-refractivity contribution in [3.8, 4) is 0 Å². The molecular weight excluding hydrogens is 172 g/mol. The lowest BCUT2D eigenvalue weighted by Gasteiger charge is -2.19. The zero-order chi connectivity index (χ0) is 10.6. The van der Waals surface area contributed by atoms with Gasteiger partial charge in [-0.05, 0) is 52.0 Å². The van der Waals surface area contributed by atoms with Crippen molar-refractivity contribution >= 4 is 0 Å². The molecule has 0 aromatic carbocycles. The fourth-order valence-corrected chi connectivity index (χ4v) is 1.57. The average Bonchev–Trinajstić information content (AvgIpc) is 2.22. The van der Waals surface area contributed by atoms with Crippen LogP contribution in [0.25, 0.3) is 0 Å². The van der Waals surface area contributed by atoms with Crippen molar-refractivity contribution in [3.05, 3.63) is 0 Å². The third-order valence-corrected chi connectivity index (χ3v) is 2.60. The maximum Gasteiger partial charge on any atom is -0.00184 e. The fraction of sp³-hybridized carbons (Fsp3) is 1.00. The topological polar surface area (TPSA) is 15.3 Å². The fourth-order valence-electron chi connectivity index (χ4n) is 1.57. The summed E-state index contributed by atoms with van der Waals surface area (Å²) in [5.41, 5.74) is 0. The molecule has 0 rings (SSSR count). The van der Waals surface area contributed by atoms with E-state index >= 15 is 0 Å². The van der Waals surface area contributed by atoms with Crippen LogP contribution in [-0.4, -0.2) is 37.6 Å². The van der Waals surface area contributed by atoms with E-state index in [0.717, 1.165) is 6.54 Å². The van der Waals surface area contributed by atoms with E-state index in [-0.39, 0.29) is 0 Å². The van der Waals surface area contributed by atoms with Crippen molar-refractivity contribution in [3.63, 3.8) is 0 Å². The quantitative estimate of drug-likeness (QED) is 0.545. The van der Waals surface area contributed by atoms with Gasteiger partial charge in [-0.3, -0.25) is 0 Å². The van der Waals surface area contributed by atoms with Gasteiger partial charge in [0.2, 0.25) is 0 Å². The molecule has 0 heterocycles. The molecule has 0 radical (unpaired) electrons. The Balaban J connectivity index is 3.24. The Kier molecular flexibility index (Phi) is 10.9. The van der Waals surface area contributed by atoms with Gasteiger partial charge in [-0.15, -0.1) is 0 Å². The van der Waals surface area contributed by atoms with Gasteiger partial charge in [-0.25, -0.2) is 0 Å². The molecule has 0 amide bonds. The van der Waals surface area contributed by atoms with Crippen LogP contribution < -0.4 is 5.32 Å².